The molecule has 0 unspecified atom stereocenters. The van der Waals surface area contributed by atoms with Crippen molar-refractivity contribution in [3.05, 3.63) is 45.8 Å². The van der Waals surface area contributed by atoms with Crippen molar-refractivity contribution in [1.82, 2.24) is 9.47 Å². The molecule has 0 aliphatic rings. The fraction of sp³-hybridized carbons (Fsp3) is 0.286. The standard InChI is InChI=1S/C14H14F2N2O3/c1-17(2)3-4-18-11(14(20)21)7-12(19)9-5-8(15)6-10(16)13(9)18/h5-7H,3-4H2,1-2H3,(H,20,21). The number of hydrogen-bond acceptors (Lipinski definition) is 3. The van der Waals surface area contributed by atoms with Gasteiger partial charge >= 0.3 is 5.97 Å². The number of likely N-dealkylation sites (N-methyl/N-ethyl adjacent to an activating group) is 1. The monoisotopic (exact) mass is 296 g/mol. The zero-order chi connectivity index (χ0) is 15.7. The van der Waals surface area contributed by atoms with Crippen LogP contribution in [0, 0.1) is 11.6 Å². The normalized spacial score (nSPS) is 11.3. The first kappa shape index (κ1) is 15.1. The molecule has 0 fully saturated rings. The first-order chi connectivity index (χ1) is 9.81. The topological polar surface area (TPSA) is 62.5 Å². The molecule has 7 heteroatoms. The van der Waals surface area contributed by atoms with Crippen molar-refractivity contribution in [3.8, 4) is 0 Å². The quantitative estimate of drug-likeness (QED) is 0.929. The third-order valence-corrected chi connectivity index (χ3v) is 3.11. The Labute approximate surface area is 119 Å². The number of benzene rings is 1. The lowest BCUT2D eigenvalue weighted by Crippen LogP contribution is -2.25. The van der Waals surface area contributed by atoms with E-state index in [9.17, 15) is 23.5 Å². The number of rotatable bonds is 4. The average Bonchev–Trinajstić information content (AvgIpc) is 2.37. The van der Waals surface area contributed by atoms with Gasteiger partial charge in [0.25, 0.3) is 0 Å². The molecular weight excluding hydrogens is 282 g/mol. The van der Waals surface area contributed by atoms with E-state index in [0.29, 0.717) is 12.6 Å². The maximum atomic E-state index is 14.0. The van der Waals surface area contributed by atoms with Gasteiger partial charge in [-0.1, -0.05) is 0 Å². The van der Waals surface area contributed by atoms with Crippen molar-refractivity contribution in [3.63, 3.8) is 0 Å². The molecule has 1 aromatic heterocycles. The Kier molecular flexibility index (Phi) is 4.04. The van der Waals surface area contributed by atoms with Gasteiger partial charge in [0.05, 0.1) is 10.9 Å². The van der Waals surface area contributed by atoms with Gasteiger partial charge in [0, 0.05) is 25.2 Å². The lowest BCUT2D eigenvalue weighted by atomic mass is 10.1. The van der Waals surface area contributed by atoms with Gasteiger partial charge in [-0.15, -0.1) is 0 Å². The van der Waals surface area contributed by atoms with Crippen molar-refractivity contribution >= 4 is 16.9 Å². The van der Waals surface area contributed by atoms with Crippen LogP contribution in [0.4, 0.5) is 8.78 Å². The number of carboxylic acid groups (broad SMARTS) is 1. The third-order valence-electron chi connectivity index (χ3n) is 3.11. The highest BCUT2D eigenvalue weighted by molar-refractivity contribution is 5.90. The second kappa shape index (κ2) is 5.61. The van der Waals surface area contributed by atoms with E-state index in [4.69, 9.17) is 0 Å². The summed E-state index contributed by atoms with van der Waals surface area (Å²) in [6.45, 7) is 0.600. The van der Waals surface area contributed by atoms with Crippen LogP contribution in [-0.4, -0.2) is 41.2 Å². The lowest BCUT2D eigenvalue weighted by Gasteiger charge is -2.17. The van der Waals surface area contributed by atoms with Gasteiger partial charge in [-0.05, 0) is 20.2 Å². The molecule has 5 nitrogen and oxygen atoms in total. The summed E-state index contributed by atoms with van der Waals surface area (Å²) >= 11 is 0. The van der Waals surface area contributed by atoms with E-state index in [0.717, 1.165) is 12.1 Å². The Balaban J connectivity index is 2.82. The summed E-state index contributed by atoms with van der Waals surface area (Å²) in [7, 11) is 3.56. The molecule has 1 heterocycles. The summed E-state index contributed by atoms with van der Waals surface area (Å²) in [6, 6.07) is 2.44. The number of aromatic nitrogens is 1. The predicted molar refractivity (Wildman–Crippen MR) is 73.6 cm³/mol. The Morgan fingerprint density at radius 1 is 1.29 bits per heavy atom. The summed E-state index contributed by atoms with van der Waals surface area (Å²) < 4.78 is 28.5. The van der Waals surface area contributed by atoms with Crippen LogP contribution in [0.1, 0.15) is 10.5 Å². The Morgan fingerprint density at radius 3 is 2.52 bits per heavy atom. The summed E-state index contributed by atoms with van der Waals surface area (Å²) in [5.74, 6) is -3.17. The Hall–Kier alpha value is -2.28. The number of halogens is 2. The maximum absolute atomic E-state index is 14.0. The minimum Gasteiger partial charge on any atom is -0.477 e. The van der Waals surface area contributed by atoms with Crippen LogP contribution in [-0.2, 0) is 6.54 Å². The van der Waals surface area contributed by atoms with Gasteiger partial charge in [-0.2, -0.15) is 0 Å². The molecule has 112 valence electrons. The highest BCUT2D eigenvalue weighted by Gasteiger charge is 2.18. The molecule has 2 aromatic rings. The maximum Gasteiger partial charge on any atom is 0.352 e. The van der Waals surface area contributed by atoms with Crippen LogP contribution in [0.2, 0.25) is 0 Å². The van der Waals surface area contributed by atoms with Crippen molar-refractivity contribution in [1.29, 1.82) is 0 Å². The molecule has 21 heavy (non-hydrogen) atoms. The van der Waals surface area contributed by atoms with Gasteiger partial charge < -0.3 is 14.6 Å². The molecule has 0 spiro atoms. The Bertz CT molecular complexity index is 769. The molecule has 2 rings (SSSR count). The van der Waals surface area contributed by atoms with Crippen molar-refractivity contribution in [2.45, 2.75) is 6.54 Å². The largest absolute Gasteiger partial charge is 0.477 e. The van der Waals surface area contributed by atoms with Crippen molar-refractivity contribution < 1.29 is 18.7 Å². The van der Waals surface area contributed by atoms with Crippen LogP contribution >= 0.6 is 0 Å². The van der Waals surface area contributed by atoms with E-state index in [1.54, 1.807) is 19.0 Å². The highest BCUT2D eigenvalue weighted by Crippen LogP contribution is 2.19. The smallest absolute Gasteiger partial charge is 0.352 e. The molecule has 0 bridgehead atoms. The molecule has 0 saturated carbocycles. The number of aromatic carboxylic acids is 1. The van der Waals surface area contributed by atoms with Crippen LogP contribution in [0.3, 0.4) is 0 Å². The zero-order valence-electron chi connectivity index (χ0n) is 11.6. The minimum atomic E-state index is -1.34. The summed E-state index contributed by atoms with van der Waals surface area (Å²) in [5.41, 5.74) is -1.23. The fourth-order valence-corrected chi connectivity index (χ4v) is 2.14. The molecule has 0 aliphatic heterocycles. The van der Waals surface area contributed by atoms with Crippen LogP contribution < -0.4 is 5.43 Å². The van der Waals surface area contributed by atoms with E-state index in [-0.39, 0.29) is 23.1 Å². The van der Waals surface area contributed by atoms with Gasteiger partial charge in [0.15, 0.2) is 11.2 Å². The predicted octanol–water partition coefficient (Wildman–Crippen LogP) is 1.54. The second-order valence-corrected chi connectivity index (χ2v) is 4.94. The molecule has 0 radical (unpaired) electrons. The van der Waals surface area contributed by atoms with E-state index >= 15 is 0 Å². The summed E-state index contributed by atoms with van der Waals surface area (Å²) in [4.78, 5) is 24.9. The van der Waals surface area contributed by atoms with Gasteiger partial charge in [-0.25, -0.2) is 13.6 Å². The molecular formula is C14H14F2N2O3. The second-order valence-electron chi connectivity index (χ2n) is 4.94. The highest BCUT2D eigenvalue weighted by atomic mass is 19.1. The van der Waals surface area contributed by atoms with Gasteiger partial charge in [0.1, 0.15) is 11.5 Å². The van der Waals surface area contributed by atoms with E-state index in [1.807, 2.05) is 0 Å². The number of hydrogen-bond donors (Lipinski definition) is 1. The first-order valence-corrected chi connectivity index (χ1v) is 6.22. The third kappa shape index (κ3) is 2.92. The van der Waals surface area contributed by atoms with Crippen LogP contribution in [0.5, 0.6) is 0 Å². The molecule has 0 amide bonds. The molecule has 0 saturated heterocycles. The van der Waals surface area contributed by atoms with Gasteiger partial charge in [0.2, 0.25) is 0 Å². The minimum absolute atomic E-state index is 0.161. The van der Waals surface area contributed by atoms with Crippen molar-refractivity contribution in [2.24, 2.45) is 0 Å². The zero-order valence-corrected chi connectivity index (χ0v) is 11.6. The van der Waals surface area contributed by atoms with Crippen LogP contribution in [0.25, 0.3) is 10.9 Å². The molecule has 0 aliphatic carbocycles. The molecule has 1 aromatic carbocycles. The summed E-state index contributed by atoms with van der Waals surface area (Å²) in [5, 5.41) is 9.02. The van der Waals surface area contributed by atoms with E-state index < -0.39 is 23.0 Å². The summed E-state index contributed by atoms with van der Waals surface area (Å²) in [6.07, 6.45) is 0. The molecule has 1 N–H and O–H groups in total. The number of pyridine rings is 1. The van der Waals surface area contributed by atoms with Crippen LogP contribution in [0.15, 0.2) is 23.0 Å². The SMILES string of the molecule is CN(C)CCn1c(C(=O)O)cc(=O)c2cc(F)cc(F)c21. The first-order valence-electron chi connectivity index (χ1n) is 6.22. The molecule has 0 atom stereocenters. The number of carbonyl (C=O) groups is 1. The Morgan fingerprint density at radius 2 is 1.95 bits per heavy atom. The number of fused-ring (bicyclic) bond motifs is 1. The van der Waals surface area contributed by atoms with Crippen molar-refractivity contribution in [2.75, 3.05) is 20.6 Å². The number of carboxylic acids is 1. The number of nitrogens with zero attached hydrogens (tertiary/aromatic N) is 2. The van der Waals surface area contributed by atoms with Gasteiger partial charge in [-0.3, -0.25) is 4.79 Å². The average molecular weight is 296 g/mol. The van der Waals surface area contributed by atoms with E-state index in [2.05, 4.69) is 0 Å². The van der Waals surface area contributed by atoms with E-state index in [1.165, 1.54) is 4.57 Å². The lowest BCUT2D eigenvalue weighted by molar-refractivity contribution is 0.0684. The fourth-order valence-electron chi connectivity index (χ4n) is 2.14.